The van der Waals surface area contributed by atoms with Crippen molar-refractivity contribution in [3.63, 3.8) is 0 Å². The Morgan fingerprint density at radius 2 is 2.00 bits per heavy atom. The van der Waals surface area contributed by atoms with Crippen LogP contribution in [0, 0.1) is 5.82 Å². The van der Waals surface area contributed by atoms with Gasteiger partial charge < -0.3 is 15.2 Å². The van der Waals surface area contributed by atoms with Gasteiger partial charge in [-0.1, -0.05) is 23.7 Å². The van der Waals surface area contributed by atoms with E-state index in [4.69, 9.17) is 31.6 Å². The van der Waals surface area contributed by atoms with E-state index in [-0.39, 0.29) is 17.9 Å². The Hall–Kier alpha value is -2.35. The van der Waals surface area contributed by atoms with Crippen molar-refractivity contribution in [3.8, 4) is 16.9 Å². The number of aliphatic imine (C=N–C) groups is 1. The summed E-state index contributed by atoms with van der Waals surface area (Å²) in [4.78, 5) is 10.8. The highest BCUT2D eigenvalue weighted by Crippen LogP contribution is 2.44. The minimum Gasteiger partial charge on any atom is -0.467 e. The molecule has 6 nitrogen and oxygen atoms in total. The standard InChI is InChI=1S/C21H23ClFN3O3/c1-13-4-3-9-21(25-20(24)26(2)29-21)16-10-14(6-8-19(16)28-12-27-13)15-5-7-18(23)17(22)11-15/h5-8,10-11,13H,3-4,9,12H2,1-2H3,(H2,24,25)/t13?,21-/m1/s1. The average Bonchev–Trinajstić information content (AvgIpc) is 2.98. The van der Waals surface area contributed by atoms with Crippen LogP contribution in [0.3, 0.4) is 0 Å². The van der Waals surface area contributed by atoms with Crippen molar-refractivity contribution in [1.29, 1.82) is 0 Å². The van der Waals surface area contributed by atoms with Crippen LogP contribution in [0.4, 0.5) is 4.39 Å². The predicted molar refractivity (Wildman–Crippen MR) is 109 cm³/mol. The maximum absolute atomic E-state index is 13.6. The molecule has 1 spiro atoms. The minimum absolute atomic E-state index is 0.0645. The van der Waals surface area contributed by atoms with Gasteiger partial charge in [-0.2, -0.15) is 0 Å². The zero-order valence-corrected chi connectivity index (χ0v) is 17.1. The molecular formula is C21H23ClFN3O3. The van der Waals surface area contributed by atoms with Crippen molar-refractivity contribution < 1.29 is 18.7 Å². The highest BCUT2D eigenvalue weighted by molar-refractivity contribution is 6.31. The van der Waals surface area contributed by atoms with Gasteiger partial charge in [-0.3, -0.25) is 0 Å². The number of guanidine groups is 1. The summed E-state index contributed by atoms with van der Waals surface area (Å²) < 4.78 is 25.2. The number of benzene rings is 2. The molecule has 2 aliphatic heterocycles. The summed E-state index contributed by atoms with van der Waals surface area (Å²) in [6, 6.07) is 10.3. The molecule has 2 atom stereocenters. The molecule has 0 fully saturated rings. The third-order valence-corrected chi connectivity index (χ3v) is 5.54. The summed E-state index contributed by atoms with van der Waals surface area (Å²) in [5, 5.41) is 1.53. The van der Waals surface area contributed by atoms with Gasteiger partial charge in [0.25, 0.3) is 0 Å². The first-order valence-corrected chi connectivity index (χ1v) is 9.88. The van der Waals surface area contributed by atoms with E-state index in [1.165, 1.54) is 11.1 Å². The molecule has 0 amide bonds. The number of nitrogens with zero attached hydrogens (tertiary/aromatic N) is 2. The summed E-state index contributed by atoms with van der Waals surface area (Å²) in [6.45, 7) is 2.14. The molecule has 2 aliphatic rings. The Morgan fingerprint density at radius 3 is 2.72 bits per heavy atom. The Kier molecular flexibility index (Phi) is 5.38. The van der Waals surface area contributed by atoms with E-state index in [2.05, 4.69) is 4.99 Å². The molecule has 2 N–H and O–H groups in total. The highest BCUT2D eigenvalue weighted by atomic mass is 35.5. The number of fused-ring (bicyclic) bond motifs is 2. The topological polar surface area (TPSA) is 69.3 Å². The molecule has 8 heteroatoms. The SMILES string of the molecule is CC1CCC[C@]2(N=C(N)N(C)O2)c2cc(-c3ccc(F)c(Cl)c3)ccc2OCO1. The molecule has 0 saturated carbocycles. The van der Waals surface area contributed by atoms with E-state index in [1.54, 1.807) is 19.2 Å². The van der Waals surface area contributed by atoms with E-state index in [0.29, 0.717) is 18.1 Å². The molecule has 2 heterocycles. The van der Waals surface area contributed by atoms with E-state index in [0.717, 1.165) is 29.5 Å². The van der Waals surface area contributed by atoms with Crippen LogP contribution in [0.1, 0.15) is 31.7 Å². The highest BCUT2D eigenvalue weighted by Gasteiger charge is 2.43. The smallest absolute Gasteiger partial charge is 0.218 e. The maximum Gasteiger partial charge on any atom is 0.218 e. The lowest BCUT2D eigenvalue weighted by molar-refractivity contribution is -0.179. The Bertz CT molecular complexity index is 955. The number of nitrogens with two attached hydrogens (primary N) is 1. The number of hydrogen-bond acceptors (Lipinski definition) is 6. The third-order valence-electron chi connectivity index (χ3n) is 5.25. The lowest BCUT2D eigenvalue weighted by Gasteiger charge is -2.30. The maximum atomic E-state index is 13.6. The molecule has 0 aliphatic carbocycles. The van der Waals surface area contributed by atoms with Gasteiger partial charge in [0.05, 0.1) is 16.7 Å². The monoisotopic (exact) mass is 419 g/mol. The van der Waals surface area contributed by atoms with Gasteiger partial charge >= 0.3 is 0 Å². The summed E-state index contributed by atoms with van der Waals surface area (Å²) in [5.41, 5.74) is 7.40. The molecule has 0 bridgehead atoms. The van der Waals surface area contributed by atoms with Crippen LogP contribution in [0.25, 0.3) is 11.1 Å². The molecule has 0 saturated heterocycles. The predicted octanol–water partition coefficient (Wildman–Crippen LogP) is 4.42. The van der Waals surface area contributed by atoms with Crippen LogP contribution in [0.5, 0.6) is 5.75 Å². The van der Waals surface area contributed by atoms with Crippen molar-refractivity contribution >= 4 is 17.6 Å². The first kappa shape index (κ1) is 19.9. The van der Waals surface area contributed by atoms with E-state index < -0.39 is 11.5 Å². The summed E-state index contributed by atoms with van der Waals surface area (Å²) in [6.07, 6.45) is 2.35. The second kappa shape index (κ2) is 7.82. The van der Waals surface area contributed by atoms with Crippen molar-refractivity contribution in [2.24, 2.45) is 10.7 Å². The lowest BCUT2D eigenvalue weighted by atomic mass is 9.92. The van der Waals surface area contributed by atoms with Crippen molar-refractivity contribution in [3.05, 3.63) is 52.8 Å². The molecule has 29 heavy (non-hydrogen) atoms. The van der Waals surface area contributed by atoms with Gasteiger partial charge in [-0.15, -0.1) is 0 Å². The van der Waals surface area contributed by atoms with Crippen LogP contribution in [0.2, 0.25) is 5.02 Å². The Morgan fingerprint density at radius 1 is 1.24 bits per heavy atom. The molecule has 2 aromatic rings. The van der Waals surface area contributed by atoms with Crippen LogP contribution in [-0.4, -0.2) is 31.0 Å². The first-order valence-electron chi connectivity index (χ1n) is 9.50. The Labute approximate surface area is 174 Å². The number of hydroxylamine groups is 2. The normalized spacial score (nSPS) is 24.8. The molecule has 2 aromatic carbocycles. The van der Waals surface area contributed by atoms with Crippen LogP contribution in [-0.2, 0) is 15.3 Å². The number of ether oxygens (including phenoxy) is 2. The fourth-order valence-electron chi connectivity index (χ4n) is 3.64. The van der Waals surface area contributed by atoms with Crippen molar-refractivity contribution in [1.82, 2.24) is 5.06 Å². The van der Waals surface area contributed by atoms with Gasteiger partial charge in [-0.05, 0) is 55.2 Å². The van der Waals surface area contributed by atoms with Crippen LogP contribution < -0.4 is 10.5 Å². The minimum atomic E-state index is -0.995. The fraction of sp³-hybridized carbons (Fsp3) is 0.381. The molecule has 154 valence electrons. The first-order chi connectivity index (χ1) is 13.9. The molecule has 4 rings (SSSR count). The average molecular weight is 420 g/mol. The van der Waals surface area contributed by atoms with Crippen molar-refractivity contribution in [2.45, 2.75) is 38.0 Å². The summed E-state index contributed by atoms with van der Waals surface area (Å²) in [5.74, 6) is 0.439. The summed E-state index contributed by atoms with van der Waals surface area (Å²) in [7, 11) is 1.72. The Balaban J connectivity index is 1.83. The summed E-state index contributed by atoms with van der Waals surface area (Å²) >= 11 is 5.98. The number of hydrogen-bond donors (Lipinski definition) is 1. The number of rotatable bonds is 1. The largest absolute Gasteiger partial charge is 0.467 e. The number of halogens is 2. The van der Waals surface area contributed by atoms with Crippen LogP contribution >= 0.6 is 11.6 Å². The fourth-order valence-corrected chi connectivity index (χ4v) is 3.82. The van der Waals surface area contributed by atoms with E-state index in [9.17, 15) is 4.39 Å². The zero-order valence-electron chi connectivity index (χ0n) is 16.3. The van der Waals surface area contributed by atoms with Gasteiger partial charge in [0.2, 0.25) is 11.7 Å². The molecule has 0 aromatic heterocycles. The molecule has 0 radical (unpaired) electrons. The van der Waals surface area contributed by atoms with Gasteiger partial charge in [0, 0.05) is 13.5 Å². The second-order valence-corrected chi connectivity index (χ2v) is 7.72. The van der Waals surface area contributed by atoms with E-state index >= 15 is 0 Å². The van der Waals surface area contributed by atoms with Gasteiger partial charge in [0.1, 0.15) is 11.6 Å². The third kappa shape index (κ3) is 3.90. The lowest BCUT2D eigenvalue weighted by Crippen LogP contribution is -2.32. The second-order valence-electron chi connectivity index (χ2n) is 7.31. The van der Waals surface area contributed by atoms with Crippen LogP contribution in [0.15, 0.2) is 41.4 Å². The molecular weight excluding hydrogens is 397 g/mol. The van der Waals surface area contributed by atoms with Gasteiger partial charge in [0.15, 0.2) is 6.79 Å². The van der Waals surface area contributed by atoms with E-state index in [1.807, 2.05) is 25.1 Å². The quantitative estimate of drug-likeness (QED) is 0.741. The zero-order chi connectivity index (χ0) is 20.6. The molecule has 1 unspecified atom stereocenters. The van der Waals surface area contributed by atoms with Crippen molar-refractivity contribution in [2.75, 3.05) is 13.8 Å². The van der Waals surface area contributed by atoms with Gasteiger partial charge in [-0.25, -0.2) is 19.3 Å².